The molecule has 2 aromatic carbocycles. The number of hydrogen-bond acceptors (Lipinski definition) is 4. The van der Waals surface area contributed by atoms with Gasteiger partial charge in [-0.05, 0) is 30.7 Å². The summed E-state index contributed by atoms with van der Waals surface area (Å²) in [4.78, 5) is -0.603. The minimum absolute atomic E-state index is 0.113. The standard InChI is InChI=1S/C18H13F4NO3S/c1-10-4-3-5-12(8-10)16-15(17(26-23-16)18(20,21)22)11-6-7-14(13(19)9-11)27(2,24)25/h3-9H,1-2H3. The predicted octanol–water partition coefficient (Wildman–Crippen LogP) is 4.88. The molecule has 0 saturated heterocycles. The van der Waals surface area contributed by atoms with Gasteiger partial charge in [0.05, 0.1) is 5.56 Å². The molecule has 0 amide bonds. The van der Waals surface area contributed by atoms with E-state index in [1.807, 2.05) is 0 Å². The van der Waals surface area contributed by atoms with Gasteiger partial charge in [0.25, 0.3) is 0 Å². The molecule has 27 heavy (non-hydrogen) atoms. The van der Waals surface area contributed by atoms with E-state index in [-0.39, 0.29) is 11.3 Å². The molecule has 0 unspecified atom stereocenters. The molecular weight excluding hydrogens is 386 g/mol. The van der Waals surface area contributed by atoms with E-state index in [2.05, 4.69) is 9.68 Å². The van der Waals surface area contributed by atoms with E-state index in [1.54, 1.807) is 31.2 Å². The zero-order valence-corrected chi connectivity index (χ0v) is 15.0. The van der Waals surface area contributed by atoms with E-state index in [9.17, 15) is 26.0 Å². The number of alkyl halides is 3. The van der Waals surface area contributed by atoms with Gasteiger partial charge in [-0.1, -0.05) is 35.0 Å². The molecule has 0 fully saturated rings. The van der Waals surface area contributed by atoms with Gasteiger partial charge in [0.2, 0.25) is 5.76 Å². The van der Waals surface area contributed by atoms with Crippen LogP contribution in [-0.4, -0.2) is 19.8 Å². The van der Waals surface area contributed by atoms with E-state index in [0.29, 0.717) is 5.56 Å². The first-order valence-corrected chi connectivity index (χ1v) is 9.51. The molecule has 0 radical (unpaired) electrons. The highest BCUT2D eigenvalue weighted by Gasteiger charge is 2.41. The van der Waals surface area contributed by atoms with E-state index in [0.717, 1.165) is 30.0 Å². The number of aromatic nitrogens is 1. The van der Waals surface area contributed by atoms with Crippen LogP contribution in [0.4, 0.5) is 17.6 Å². The Balaban J connectivity index is 2.28. The third-order valence-electron chi connectivity index (χ3n) is 3.86. The number of aryl methyl sites for hydroxylation is 1. The second kappa shape index (κ2) is 6.49. The van der Waals surface area contributed by atoms with E-state index in [1.165, 1.54) is 0 Å². The lowest BCUT2D eigenvalue weighted by Gasteiger charge is -2.09. The summed E-state index contributed by atoms with van der Waals surface area (Å²) in [5.74, 6) is -2.54. The third-order valence-corrected chi connectivity index (χ3v) is 4.99. The molecule has 0 saturated carbocycles. The summed E-state index contributed by atoms with van der Waals surface area (Å²) < 4.78 is 82.1. The van der Waals surface area contributed by atoms with Gasteiger partial charge >= 0.3 is 6.18 Å². The summed E-state index contributed by atoms with van der Waals surface area (Å²) in [7, 11) is -3.86. The minimum atomic E-state index is -4.86. The highest BCUT2D eigenvalue weighted by molar-refractivity contribution is 7.90. The Bertz CT molecular complexity index is 1120. The second-order valence-electron chi connectivity index (χ2n) is 6.02. The molecule has 0 atom stereocenters. The van der Waals surface area contributed by atoms with Crippen LogP contribution in [-0.2, 0) is 16.0 Å². The molecular formula is C18H13F4NO3S. The van der Waals surface area contributed by atoms with Crippen molar-refractivity contribution >= 4 is 9.84 Å². The van der Waals surface area contributed by atoms with E-state index < -0.39 is 38.0 Å². The number of hydrogen-bond donors (Lipinski definition) is 0. The van der Waals surface area contributed by atoms with Crippen LogP contribution >= 0.6 is 0 Å². The highest BCUT2D eigenvalue weighted by atomic mass is 32.2. The SMILES string of the molecule is Cc1cccc(-c2noc(C(F)(F)F)c2-c2ccc(S(C)(=O)=O)c(F)c2)c1. The molecule has 0 aliphatic carbocycles. The maximum absolute atomic E-state index is 14.3. The molecule has 4 nitrogen and oxygen atoms in total. The molecule has 142 valence electrons. The maximum atomic E-state index is 14.3. The molecule has 9 heteroatoms. The van der Waals surface area contributed by atoms with Gasteiger partial charge in [0.1, 0.15) is 16.4 Å². The quantitative estimate of drug-likeness (QED) is 0.589. The average molecular weight is 399 g/mol. The fraction of sp³-hybridized carbons (Fsp3) is 0.167. The van der Waals surface area contributed by atoms with Crippen LogP contribution < -0.4 is 0 Å². The Kier molecular flexibility index (Phi) is 4.59. The van der Waals surface area contributed by atoms with Crippen LogP contribution in [0.25, 0.3) is 22.4 Å². The van der Waals surface area contributed by atoms with E-state index >= 15 is 0 Å². The minimum Gasteiger partial charge on any atom is -0.350 e. The summed E-state index contributed by atoms with van der Waals surface area (Å²) in [5, 5.41) is 3.54. The predicted molar refractivity (Wildman–Crippen MR) is 90.2 cm³/mol. The number of rotatable bonds is 3. The first-order chi connectivity index (χ1) is 12.5. The Morgan fingerprint density at radius 2 is 1.74 bits per heavy atom. The largest absolute Gasteiger partial charge is 0.453 e. The summed E-state index contributed by atoms with van der Waals surface area (Å²) >= 11 is 0. The normalized spacial score (nSPS) is 12.4. The zero-order chi connectivity index (χ0) is 20.0. The third kappa shape index (κ3) is 3.73. The molecule has 3 rings (SSSR count). The van der Waals surface area contributed by atoms with E-state index in [4.69, 9.17) is 0 Å². The number of benzene rings is 2. The fourth-order valence-corrected chi connectivity index (χ4v) is 3.43. The Labute approximate surface area is 152 Å². The molecule has 1 aromatic heterocycles. The number of sulfone groups is 1. The molecule has 0 bridgehead atoms. The topological polar surface area (TPSA) is 60.2 Å². The van der Waals surface area contributed by atoms with Crippen molar-refractivity contribution < 1.29 is 30.5 Å². The van der Waals surface area contributed by atoms with Crippen LogP contribution in [0, 0.1) is 12.7 Å². The molecule has 0 aliphatic heterocycles. The van der Waals surface area contributed by atoms with Crippen LogP contribution in [0.1, 0.15) is 11.3 Å². The molecule has 0 N–H and O–H groups in total. The Morgan fingerprint density at radius 3 is 2.30 bits per heavy atom. The van der Waals surface area contributed by atoms with Crippen molar-refractivity contribution in [2.45, 2.75) is 18.0 Å². The van der Waals surface area contributed by atoms with Gasteiger partial charge in [0.15, 0.2) is 9.84 Å². The van der Waals surface area contributed by atoms with Crippen molar-refractivity contribution in [1.82, 2.24) is 5.16 Å². The van der Waals surface area contributed by atoms with Crippen LogP contribution in [0.2, 0.25) is 0 Å². The van der Waals surface area contributed by atoms with Gasteiger partial charge in [0, 0.05) is 11.8 Å². The summed E-state index contributed by atoms with van der Waals surface area (Å²) in [6, 6.07) is 9.32. The average Bonchev–Trinajstić information content (AvgIpc) is 2.98. The summed E-state index contributed by atoms with van der Waals surface area (Å²) in [6.45, 7) is 1.76. The lowest BCUT2D eigenvalue weighted by molar-refractivity contribution is -0.154. The smallest absolute Gasteiger partial charge is 0.350 e. The number of halogens is 4. The van der Waals surface area contributed by atoms with Gasteiger partial charge in [-0.15, -0.1) is 0 Å². The van der Waals surface area contributed by atoms with Crippen molar-refractivity contribution in [3.8, 4) is 22.4 Å². The van der Waals surface area contributed by atoms with Crippen molar-refractivity contribution in [1.29, 1.82) is 0 Å². The van der Waals surface area contributed by atoms with Gasteiger partial charge < -0.3 is 4.52 Å². The lowest BCUT2D eigenvalue weighted by atomic mass is 9.98. The van der Waals surface area contributed by atoms with Gasteiger partial charge in [-0.3, -0.25) is 0 Å². The molecule has 3 aromatic rings. The maximum Gasteiger partial charge on any atom is 0.453 e. The van der Waals surface area contributed by atoms with Crippen molar-refractivity contribution in [3.63, 3.8) is 0 Å². The molecule has 0 aliphatic rings. The zero-order valence-electron chi connectivity index (χ0n) is 14.1. The second-order valence-corrected chi connectivity index (χ2v) is 8.00. The first kappa shape index (κ1) is 19.1. The monoisotopic (exact) mass is 399 g/mol. The van der Waals surface area contributed by atoms with Crippen molar-refractivity contribution in [3.05, 3.63) is 59.6 Å². The first-order valence-electron chi connectivity index (χ1n) is 7.62. The molecule has 1 heterocycles. The van der Waals surface area contributed by atoms with Crippen molar-refractivity contribution in [2.75, 3.05) is 6.26 Å². The summed E-state index contributed by atoms with van der Waals surface area (Å²) in [5.41, 5.74) is 0.389. The summed E-state index contributed by atoms with van der Waals surface area (Å²) in [6.07, 6.45) is -4.06. The van der Waals surface area contributed by atoms with Crippen LogP contribution in [0.5, 0.6) is 0 Å². The van der Waals surface area contributed by atoms with Gasteiger partial charge in [-0.25, -0.2) is 12.8 Å². The number of nitrogens with zero attached hydrogens (tertiary/aromatic N) is 1. The highest BCUT2D eigenvalue weighted by Crippen LogP contribution is 2.43. The Morgan fingerprint density at radius 1 is 1.04 bits per heavy atom. The van der Waals surface area contributed by atoms with Crippen LogP contribution in [0.3, 0.4) is 0 Å². The Hall–Kier alpha value is -2.68. The van der Waals surface area contributed by atoms with Gasteiger partial charge in [-0.2, -0.15) is 13.2 Å². The molecule has 0 spiro atoms. The lowest BCUT2D eigenvalue weighted by Crippen LogP contribution is -2.06. The van der Waals surface area contributed by atoms with Crippen molar-refractivity contribution in [2.24, 2.45) is 0 Å². The fourth-order valence-electron chi connectivity index (χ4n) is 2.70. The van der Waals surface area contributed by atoms with Crippen LogP contribution in [0.15, 0.2) is 51.9 Å².